The second-order valence-corrected chi connectivity index (χ2v) is 6.26. The normalized spacial score (nSPS) is 12.7. The number of aliphatic imine (C=N–C) groups is 1. The Morgan fingerprint density at radius 2 is 2.04 bits per heavy atom. The molecule has 0 fully saturated rings. The lowest BCUT2D eigenvalue weighted by Gasteiger charge is -2.15. The molecule has 0 aliphatic heterocycles. The quantitative estimate of drug-likeness (QED) is 0.243. The van der Waals surface area contributed by atoms with E-state index in [-0.39, 0.29) is 30.6 Å². The van der Waals surface area contributed by atoms with Crippen LogP contribution in [-0.4, -0.2) is 47.3 Å². The third-order valence-corrected chi connectivity index (χ3v) is 4.18. The van der Waals surface area contributed by atoms with E-state index < -0.39 is 0 Å². The first-order chi connectivity index (χ1) is 12.3. The Morgan fingerprint density at radius 1 is 1.23 bits per heavy atom. The van der Waals surface area contributed by atoms with Gasteiger partial charge < -0.3 is 20.7 Å². The van der Waals surface area contributed by atoms with E-state index in [4.69, 9.17) is 5.11 Å². The first kappa shape index (κ1) is 22.7. The molecular weight excluding hydrogens is 441 g/mol. The predicted octanol–water partition coefficient (Wildman–Crippen LogP) is 3.08. The Bertz CT molecular complexity index is 619. The Labute approximate surface area is 173 Å². The number of H-pyrrole nitrogens is 1. The average Bonchev–Trinajstić information content (AvgIpc) is 3.02. The molecule has 0 aliphatic carbocycles. The number of aliphatic hydroxyl groups excluding tert-OH is 1. The van der Waals surface area contributed by atoms with Crippen LogP contribution in [0.2, 0.25) is 0 Å². The van der Waals surface area contributed by atoms with Crippen molar-refractivity contribution >= 4 is 41.0 Å². The van der Waals surface area contributed by atoms with Crippen molar-refractivity contribution in [2.45, 2.75) is 39.5 Å². The van der Waals surface area contributed by atoms with Crippen LogP contribution in [0.25, 0.3) is 11.0 Å². The highest BCUT2D eigenvalue weighted by molar-refractivity contribution is 14.0. The van der Waals surface area contributed by atoms with Crippen LogP contribution >= 0.6 is 24.0 Å². The zero-order valence-corrected chi connectivity index (χ0v) is 18.1. The van der Waals surface area contributed by atoms with Gasteiger partial charge in [0.1, 0.15) is 5.82 Å². The molecule has 1 unspecified atom stereocenters. The summed E-state index contributed by atoms with van der Waals surface area (Å²) >= 11 is 0. The number of benzene rings is 1. The SMILES string of the molecule is CCCC(CCO)CN=C(NCC)NCCc1nc2ccccc2[nH]1.I. The van der Waals surface area contributed by atoms with Gasteiger partial charge in [0.15, 0.2) is 5.96 Å². The molecule has 0 amide bonds. The number of imidazole rings is 1. The van der Waals surface area contributed by atoms with Gasteiger partial charge in [-0.15, -0.1) is 24.0 Å². The van der Waals surface area contributed by atoms with Crippen molar-refractivity contribution in [1.29, 1.82) is 0 Å². The van der Waals surface area contributed by atoms with Gasteiger partial charge in [0, 0.05) is 32.7 Å². The summed E-state index contributed by atoms with van der Waals surface area (Å²) in [5, 5.41) is 15.8. The number of nitrogens with one attached hydrogen (secondary N) is 3. The Morgan fingerprint density at radius 3 is 2.73 bits per heavy atom. The van der Waals surface area contributed by atoms with E-state index in [1.54, 1.807) is 0 Å². The van der Waals surface area contributed by atoms with Crippen LogP contribution in [0, 0.1) is 5.92 Å². The summed E-state index contributed by atoms with van der Waals surface area (Å²) in [6, 6.07) is 8.07. The van der Waals surface area contributed by atoms with Gasteiger partial charge in [-0.1, -0.05) is 25.5 Å². The zero-order chi connectivity index (χ0) is 17.9. The molecule has 0 saturated heterocycles. The topological polar surface area (TPSA) is 85.3 Å². The summed E-state index contributed by atoms with van der Waals surface area (Å²) in [6.45, 7) is 6.81. The maximum absolute atomic E-state index is 9.17. The summed E-state index contributed by atoms with van der Waals surface area (Å²) in [7, 11) is 0. The van der Waals surface area contributed by atoms with E-state index in [2.05, 4.69) is 39.4 Å². The molecule has 2 aromatic rings. The van der Waals surface area contributed by atoms with E-state index in [9.17, 15) is 0 Å². The van der Waals surface area contributed by atoms with Crippen molar-refractivity contribution in [3.8, 4) is 0 Å². The van der Waals surface area contributed by atoms with Gasteiger partial charge in [-0.3, -0.25) is 4.99 Å². The number of nitrogens with zero attached hydrogens (tertiary/aromatic N) is 2. The van der Waals surface area contributed by atoms with Gasteiger partial charge in [0.2, 0.25) is 0 Å². The summed E-state index contributed by atoms with van der Waals surface area (Å²) in [6.07, 6.45) is 3.85. The lowest BCUT2D eigenvalue weighted by molar-refractivity contribution is 0.253. The van der Waals surface area contributed by atoms with Crippen molar-refractivity contribution in [3.63, 3.8) is 0 Å². The fourth-order valence-corrected chi connectivity index (χ4v) is 2.90. The number of para-hydroxylation sites is 2. The lowest BCUT2D eigenvalue weighted by atomic mass is 10.0. The molecule has 0 saturated carbocycles. The molecule has 6 nitrogen and oxygen atoms in total. The molecule has 1 heterocycles. The zero-order valence-electron chi connectivity index (χ0n) is 15.8. The lowest BCUT2D eigenvalue weighted by Crippen LogP contribution is -2.38. The molecule has 0 radical (unpaired) electrons. The van der Waals surface area contributed by atoms with E-state index >= 15 is 0 Å². The summed E-state index contributed by atoms with van der Waals surface area (Å²) in [5.41, 5.74) is 2.08. The highest BCUT2D eigenvalue weighted by atomic mass is 127. The van der Waals surface area contributed by atoms with Gasteiger partial charge >= 0.3 is 0 Å². The second kappa shape index (κ2) is 12.9. The molecule has 7 heteroatoms. The minimum absolute atomic E-state index is 0. The minimum Gasteiger partial charge on any atom is -0.396 e. The second-order valence-electron chi connectivity index (χ2n) is 6.26. The smallest absolute Gasteiger partial charge is 0.191 e. The monoisotopic (exact) mass is 473 g/mol. The Kier molecular flexibility index (Phi) is 11.3. The van der Waals surface area contributed by atoms with E-state index in [1.807, 2.05) is 24.3 Å². The largest absolute Gasteiger partial charge is 0.396 e. The third kappa shape index (κ3) is 7.49. The average molecular weight is 473 g/mol. The van der Waals surface area contributed by atoms with Crippen LogP contribution in [0.15, 0.2) is 29.3 Å². The Balaban J connectivity index is 0.00000338. The highest BCUT2D eigenvalue weighted by Crippen LogP contribution is 2.11. The van der Waals surface area contributed by atoms with Crippen LogP contribution in [0.3, 0.4) is 0 Å². The molecule has 2 rings (SSSR count). The first-order valence-electron chi connectivity index (χ1n) is 9.33. The van der Waals surface area contributed by atoms with Crippen LogP contribution in [-0.2, 0) is 6.42 Å². The first-order valence-corrected chi connectivity index (χ1v) is 9.33. The number of fused-ring (bicyclic) bond motifs is 1. The van der Waals surface area contributed by atoms with E-state index in [1.165, 1.54) is 0 Å². The molecule has 0 aliphatic rings. The molecule has 1 aromatic heterocycles. The number of hydrogen-bond donors (Lipinski definition) is 4. The standard InChI is InChI=1S/C19H31N5O.HI/c1-3-7-15(11-13-25)14-22-19(20-4-2)21-12-10-18-23-16-8-5-6-9-17(16)24-18;/h5-6,8-9,15,25H,3-4,7,10-14H2,1-2H3,(H,23,24)(H2,20,21,22);1H. The molecule has 0 spiro atoms. The molecule has 0 bridgehead atoms. The summed E-state index contributed by atoms with van der Waals surface area (Å²) in [4.78, 5) is 12.6. The van der Waals surface area contributed by atoms with Gasteiger partial charge in [0.25, 0.3) is 0 Å². The fourth-order valence-electron chi connectivity index (χ4n) is 2.90. The third-order valence-electron chi connectivity index (χ3n) is 4.18. The van der Waals surface area contributed by atoms with E-state index in [0.29, 0.717) is 5.92 Å². The molecule has 1 atom stereocenters. The van der Waals surface area contributed by atoms with Gasteiger partial charge in [0.05, 0.1) is 11.0 Å². The van der Waals surface area contributed by atoms with E-state index in [0.717, 1.165) is 68.1 Å². The maximum Gasteiger partial charge on any atom is 0.191 e. The fraction of sp³-hybridized carbons (Fsp3) is 0.579. The number of halogens is 1. The number of aromatic nitrogens is 2. The molecule has 1 aromatic carbocycles. The van der Waals surface area contributed by atoms with Crippen LogP contribution < -0.4 is 10.6 Å². The summed E-state index contributed by atoms with van der Waals surface area (Å²) in [5.74, 6) is 2.26. The van der Waals surface area contributed by atoms with Gasteiger partial charge in [-0.05, 0) is 37.8 Å². The number of rotatable bonds is 10. The Hall–Kier alpha value is -1.35. The predicted molar refractivity (Wildman–Crippen MR) is 119 cm³/mol. The van der Waals surface area contributed by atoms with Crippen LogP contribution in [0.1, 0.15) is 38.9 Å². The molecule has 4 N–H and O–H groups in total. The van der Waals surface area contributed by atoms with Crippen molar-refractivity contribution in [2.75, 3.05) is 26.2 Å². The van der Waals surface area contributed by atoms with Crippen LogP contribution in [0.4, 0.5) is 0 Å². The van der Waals surface area contributed by atoms with Gasteiger partial charge in [-0.25, -0.2) is 4.98 Å². The molecule has 146 valence electrons. The van der Waals surface area contributed by atoms with Crippen molar-refractivity contribution in [1.82, 2.24) is 20.6 Å². The van der Waals surface area contributed by atoms with Crippen molar-refractivity contribution in [2.24, 2.45) is 10.9 Å². The van der Waals surface area contributed by atoms with Crippen molar-refractivity contribution < 1.29 is 5.11 Å². The molecule has 26 heavy (non-hydrogen) atoms. The van der Waals surface area contributed by atoms with Crippen LogP contribution in [0.5, 0.6) is 0 Å². The number of aromatic amines is 1. The number of hydrogen-bond acceptors (Lipinski definition) is 3. The molecular formula is C19H32IN5O. The van der Waals surface area contributed by atoms with Crippen molar-refractivity contribution in [3.05, 3.63) is 30.1 Å². The van der Waals surface area contributed by atoms with Gasteiger partial charge in [-0.2, -0.15) is 0 Å². The minimum atomic E-state index is 0. The number of aliphatic hydroxyl groups is 1. The number of guanidine groups is 1. The summed E-state index contributed by atoms with van der Waals surface area (Å²) < 4.78 is 0. The maximum atomic E-state index is 9.17. The highest BCUT2D eigenvalue weighted by Gasteiger charge is 2.07.